The van der Waals surface area contributed by atoms with Gasteiger partial charge >= 0.3 is 6.18 Å². The zero-order chi connectivity index (χ0) is 27.2. The molecule has 0 unspecified atom stereocenters. The van der Waals surface area contributed by atoms with E-state index in [9.17, 15) is 31.5 Å². The van der Waals surface area contributed by atoms with Crippen LogP contribution in [0.1, 0.15) is 54.3 Å². The fraction of sp³-hybridized carbons (Fsp3) is 0.391. The SMILES string of the molecule is Cc1ccc([C@H](NC2=CS(=O)(=O)N=C2Nc2ccc(C(F)(F)F)c(C(=O)N(C)C)c2O)C(C)(C)C)o1. The van der Waals surface area contributed by atoms with E-state index in [0.717, 1.165) is 16.4 Å². The minimum Gasteiger partial charge on any atom is -0.505 e. The second kappa shape index (κ2) is 9.19. The number of phenols is 1. The van der Waals surface area contributed by atoms with Crippen molar-refractivity contribution in [2.45, 2.75) is 39.9 Å². The number of aromatic hydroxyl groups is 1. The summed E-state index contributed by atoms with van der Waals surface area (Å²) >= 11 is 0. The Morgan fingerprint density at radius 3 is 2.28 bits per heavy atom. The third kappa shape index (κ3) is 5.66. The topological polar surface area (TPSA) is 124 Å². The Morgan fingerprint density at radius 1 is 1.14 bits per heavy atom. The highest BCUT2D eigenvalue weighted by molar-refractivity contribution is 7.93. The maximum atomic E-state index is 13.5. The predicted molar refractivity (Wildman–Crippen MR) is 128 cm³/mol. The summed E-state index contributed by atoms with van der Waals surface area (Å²) in [5, 5.41) is 17.2. The molecular formula is C23H27F3N4O5S. The summed E-state index contributed by atoms with van der Waals surface area (Å²) in [4.78, 5) is 13.4. The number of amidine groups is 1. The van der Waals surface area contributed by atoms with Gasteiger partial charge < -0.3 is 25.1 Å². The number of sulfonamides is 1. The zero-order valence-corrected chi connectivity index (χ0v) is 21.3. The van der Waals surface area contributed by atoms with Crippen LogP contribution < -0.4 is 10.6 Å². The second-order valence-electron chi connectivity index (χ2n) is 9.58. The van der Waals surface area contributed by atoms with Gasteiger partial charge in [0.1, 0.15) is 11.5 Å². The molecule has 0 spiro atoms. The first kappa shape index (κ1) is 27.1. The van der Waals surface area contributed by atoms with Crippen LogP contribution in [-0.2, 0) is 16.2 Å². The van der Waals surface area contributed by atoms with E-state index in [1.54, 1.807) is 19.1 Å². The molecule has 1 aliphatic rings. The zero-order valence-electron chi connectivity index (χ0n) is 20.5. The molecule has 1 aromatic heterocycles. The first-order valence-electron chi connectivity index (χ1n) is 10.7. The summed E-state index contributed by atoms with van der Waals surface area (Å²) in [7, 11) is -1.60. The van der Waals surface area contributed by atoms with Crippen molar-refractivity contribution in [3.63, 3.8) is 0 Å². The minimum atomic E-state index is -4.92. The fourth-order valence-electron chi connectivity index (χ4n) is 3.57. The van der Waals surface area contributed by atoms with Crippen LogP contribution in [-0.4, -0.2) is 44.3 Å². The Labute approximate surface area is 206 Å². The summed E-state index contributed by atoms with van der Waals surface area (Å²) in [5.74, 6) is -1.18. The third-order valence-corrected chi connectivity index (χ3v) is 6.28. The number of carbonyl (C=O) groups excluding carboxylic acids is 1. The molecule has 0 saturated heterocycles. The van der Waals surface area contributed by atoms with Crippen molar-refractivity contribution in [3.05, 3.63) is 58.0 Å². The van der Waals surface area contributed by atoms with Crippen molar-refractivity contribution in [1.82, 2.24) is 10.2 Å². The number of halogens is 3. The van der Waals surface area contributed by atoms with Crippen LogP contribution in [0.25, 0.3) is 0 Å². The molecule has 0 aliphatic carbocycles. The van der Waals surface area contributed by atoms with Gasteiger partial charge in [-0.05, 0) is 36.6 Å². The predicted octanol–water partition coefficient (Wildman–Crippen LogP) is 4.39. The number of anilines is 1. The van der Waals surface area contributed by atoms with Gasteiger partial charge in [-0.1, -0.05) is 20.8 Å². The summed E-state index contributed by atoms with van der Waals surface area (Å²) in [6.07, 6.45) is -4.92. The average molecular weight is 529 g/mol. The number of nitrogens with zero attached hydrogens (tertiary/aromatic N) is 2. The third-order valence-electron chi connectivity index (χ3n) is 5.31. The number of hydrogen-bond acceptors (Lipinski definition) is 7. The first-order chi connectivity index (χ1) is 16.4. The Bertz CT molecular complexity index is 1350. The number of rotatable bonds is 5. The van der Waals surface area contributed by atoms with E-state index in [0.29, 0.717) is 17.6 Å². The van der Waals surface area contributed by atoms with Crippen LogP contribution in [0.3, 0.4) is 0 Å². The number of furan rings is 1. The molecule has 0 fully saturated rings. The molecule has 3 N–H and O–H groups in total. The number of carbonyl (C=O) groups is 1. The van der Waals surface area contributed by atoms with Crippen molar-refractivity contribution in [2.24, 2.45) is 9.81 Å². The molecule has 3 rings (SSSR count). The van der Waals surface area contributed by atoms with Gasteiger partial charge in [0.05, 0.1) is 34.0 Å². The molecule has 1 aliphatic heterocycles. The Hall–Kier alpha value is -3.48. The van der Waals surface area contributed by atoms with Gasteiger partial charge in [-0.25, -0.2) is 0 Å². The highest BCUT2D eigenvalue weighted by Crippen LogP contribution is 2.41. The molecule has 0 saturated carbocycles. The first-order valence-corrected chi connectivity index (χ1v) is 12.2. The lowest BCUT2D eigenvalue weighted by Crippen LogP contribution is -2.35. The largest absolute Gasteiger partial charge is 0.505 e. The summed E-state index contributed by atoms with van der Waals surface area (Å²) < 4.78 is 74.6. The highest BCUT2D eigenvalue weighted by atomic mass is 32.2. The van der Waals surface area contributed by atoms with Crippen molar-refractivity contribution >= 4 is 27.5 Å². The van der Waals surface area contributed by atoms with Gasteiger partial charge in [-0.15, -0.1) is 4.40 Å². The summed E-state index contributed by atoms with van der Waals surface area (Å²) in [6.45, 7) is 7.46. The van der Waals surface area contributed by atoms with Crippen LogP contribution in [0.4, 0.5) is 18.9 Å². The Kier molecular flexibility index (Phi) is 6.92. The van der Waals surface area contributed by atoms with E-state index in [-0.39, 0.29) is 17.2 Å². The average Bonchev–Trinajstić information content (AvgIpc) is 3.26. The van der Waals surface area contributed by atoms with Gasteiger partial charge in [-0.2, -0.15) is 21.6 Å². The Morgan fingerprint density at radius 2 is 1.78 bits per heavy atom. The van der Waals surface area contributed by atoms with Crippen LogP contribution in [0.15, 0.2) is 44.2 Å². The van der Waals surface area contributed by atoms with Crippen molar-refractivity contribution in [3.8, 4) is 5.75 Å². The van der Waals surface area contributed by atoms with Crippen LogP contribution in [0.5, 0.6) is 5.75 Å². The molecule has 2 heterocycles. The smallest absolute Gasteiger partial charge is 0.417 e. The second-order valence-corrected chi connectivity index (χ2v) is 11.0. The van der Waals surface area contributed by atoms with Crippen LogP contribution >= 0.6 is 0 Å². The molecule has 36 heavy (non-hydrogen) atoms. The van der Waals surface area contributed by atoms with E-state index in [1.165, 1.54) is 14.1 Å². The highest BCUT2D eigenvalue weighted by Gasteiger charge is 2.39. The quantitative estimate of drug-likeness (QED) is 0.492. The summed E-state index contributed by atoms with van der Waals surface area (Å²) in [5.41, 5.74) is -3.11. The molecule has 9 nitrogen and oxygen atoms in total. The van der Waals surface area contributed by atoms with Crippen LogP contribution in [0.2, 0.25) is 0 Å². The number of benzene rings is 1. The normalized spacial score (nSPS) is 16.2. The minimum absolute atomic E-state index is 0.00348. The van der Waals surface area contributed by atoms with E-state index < -0.39 is 50.4 Å². The van der Waals surface area contributed by atoms with E-state index >= 15 is 0 Å². The number of phenolic OH excluding ortho intramolecular Hbond substituents is 1. The number of amides is 1. The molecule has 1 atom stereocenters. The van der Waals surface area contributed by atoms with E-state index in [2.05, 4.69) is 15.0 Å². The van der Waals surface area contributed by atoms with Gasteiger partial charge in [0.15, 0.2) is 11.6 Å². The molecular weight excluding hydrogens is 501 g/mol. The van der Waals surface area contributed by atoms with Gasteiger partial charge in [0, 0.05) is 14.1 Å². The lowest BCUT2D eigenvalue weighted by Gasteiger charge is -2.31. The van der Waals surface area contributed by atoms with Gasteiger partial charge in [-0.3, -0.25) is 4.79 Å². The van der Waals surface area contributed by atoms with Gasteiger partial charge in [0.2, 0.25) is 0 Å². The molecule has 196 valence electrons. The monoisotopic (exact) mass is 528 g/mol. The lowest BCUT2D eigenvalue weighted by atomic mass is 9.85. The lowest BCUT2D eigenvalue weighted by molar-refractivity contribution is -0.138. The number of nitrogens with one attached hydrogen (secondary N) is 2. The number of aryl methyl sites for hydroxylation is 1. The maximum Gasteiger partial charge on any atom is 0.417 e. The van der Waals surface area contributed by atoms with E-state index in [4.69, 9.17) is 4.42 Å². The number of hydrogen-bond donors (Lipinski definition) is 3. The summed E-state index contributed by atoms with van der Waals surface area (Å²) in [6, 6.07) is 4.50. The molecule has 1 aromatic carbocycles. The van der Waals surface area contributed by atoms with Crippen molar-refractivity contribution in [2.75, 3.05) is 19.4 Å². The molecule has 13 heteroatoms. The van der Waals surface area contributed by atoms with E-state index in [1.807, 2.05) is 20.8 Å². The Balaban J connectivity index is 2.04. The van der Waals surface area contributed by atoms with Crippen molar-refractivity contribution in [1.29, 1.82) is 0 Å². The van der Waals surface area contributed by atoms with Crippen molar-refractivity contribution < 1.29 is 35.9 Å². The molecule has 0 bridgehead atoms. The van der Waals surface area contributed by atoms with Crippen LogP contribution in [0, 0.1) is 12.3 Å². The molecule has 2 aromatic rings. The molecule has 0 radical (unpaired) electrons. The standard InChI is InChI=1S/C23H27F3N4O5S/c1-12-7-10-16(35-12)19(22(2,3)4)27-15-11-36(33,34)29-20(15)28-14-9-8-13(23(24,25)26)17(18(14)31)21(32)30(5)6/h7-11,19,27,31H,1-6H3,(H,28,29)/t19-/m0/s1. The number of alkyl halides is 3. The molecule has 1 amide bonds. The van der Waals surface area contributed by atoms with Gasteiger partial charge in [0.25, 0.3) is 15.9 Å². The fourth-order valence-corrected chi connectivity index (χ4v) is 4.50. The maximum absolute atomic E-state index is 13.5.